The van der Waals surface area contributed by atoms with E-state index < -0.39 is 12.1 Å². The van der Waals surface area contributed by atoms with Gasteiger partial charge in [0, 0.05) is 56.1 Å². The van der Waals surface area contributed by atoms with Crippen LogP contribution in [-0.4, -0.2) is 32.3 Å². The highest BCUT2D eigenvalue weighted by molar-refractivity contribution is 6.11. The summed E-state index contributed by atoms with van der Waals surface area (Å²) in [6.45, 7) is 6.89. The van der Waals surface area contributed by atoms with Crippen LogP contribution in [0.4, 0.5) is 5.69 Å². The van der Waals surface area contributed by atoms with Gasteiger partial charge in [0.05, 0.1) is 11.7 Å². The Balaban J connectivity index is 1.22. The first-order valence-electron chi connectivity index (χ1n) is 15.9. The minimum atomic E-state index is -0.753. The number of fused-ring (bicyclic) bond motifs is 5. The summed E-state index contributed by atoms with van der Waals surface area (Å²) < 4.78 is 2.29. The first-order valence-corrected chi connectivity index (χ1v) is 15.9. The summed E-state index contributed by atoms with van der Waals surface area (Å²) in [7, 11) is 0. The molecule has 1 aliphatic heterocycles. The second-order valence-electron chi connectivity index (χ2n) is 12.2. The molecule has 2 atom stereocenters. The molecule has 0 aliphatic carbocycles. The number of nitrogens with zero attached hydrogens (tertiary/aromatic N) is 2. The van der Waals surface area contributed by atoms with Crippen molar-refractivity contribution in [2.45, 2.75) is 39.4 Å². The molecule has 6 heteroatoms. The maximum atomic E-state index is 14.2. The second kappa shape index (κ2) is 10.8. The molecule has 8 rings (SSSR count). The van der Waals surface area contributed by atoms with Crippen LogP contribution in [0.1, 0.15) is 46.9 Å². The van der Waals surface area contributed by atoms with E-state index in [1.807, 2.05) is 61.5 Å². The van der Waals surface area contributed by atoms with Crippen LogP contribution in [0.15, 0.2) is 115 Å². The van der Waals surface area contributed by atoms with E-state index >= 15 is 0 Å². The number of aromatic amines is 1. The number of rotatable bonds is 6. The summed E-state index contributed by atoms with van der Waals surface area (Å²) in [6.07, 6.45) is 0. The number of anilines is 1. The number of benzene rings is 5. The SMILES string of the molecule is CCn1c2ccccc2c2cc(NC(=O)C(C)N3C(=O)c4ccccc4C3c3c(-c4ccc(C)cc4)[nH]c4ccccc34)ccc21. The van der Waals surface area contributed by atoms with E-state index in [1.54, 1.807) is 4.90 Å². The van der Waals surface area contributed by atoms with E-state index in [-0.39, 0.29) is 11.8 Å². The number of aromatic nitrogens is 2. The predicted octanol–water partition coefficient (Wildman–Crippen LogP) is 8.84. The minimum Gasteiger partial charge on any atom is -0.354 e. The normalized spacial score (nSPS) is 15.2. The van der Waals surface area contributed by atoms with Crippen LogP contribution in [0.5, 0.6) is 0 Å². The van der Waals surface area contributed by atoms with Gasteiger partial charge in [0.25, 0.3) is 5.91 Å². The molecule has 2 aromatic heterocycles. The molecule has 0 saturated carbocycles. The Hall–Kier alpha value is -5.62. The Labute approximate surface area is 267 Å². The zero-order valence-electron chi connectivity index (χ0n) is 26.0. The van der Waals surface area contributed by atoms with Crippen molar-refractivity contribution in [1.29, 1.82) is 0 Å². The zero-order valence-corrected chi connectivity index (χ0v) is 26.0. The molecule has 226 valence electrons. The molecular formula is C40H34N4O2. The van der Waals surface area contributed by atoms with Crippen LogP contribution in [0.3, 0.4) is 0 Å². The Morgan fingerprint density at radius 1 is 0.826 bits per heavy atom. The third kappa shape index (κ3) is 4.25. The molecule has 2 N–H and O–H groups in total. The van der Waals surface area contributed by atoms with Crippen molar-refractivity contribution in [2.75, 3.05) is 5.32 Å². The maximum Gasteiger partial charge on any atom is 0.255 e. The maximum absolute atomic E-state index is 14.2. The first kappa shape index (κ1) is 27.9. The number of nitrogens with one attached hydrogen (secondary N) is 2. The number of H-pyrrole nitrogens is 1. The molecule has 0 fully saturated rings. The fourth-order valence-corrected chi connectivity index (χ4v) is 7.27. The molecule has 5 aromatic carbocycles. The number of carbonyl (C=O) groups excluding carboxylic acids is 2. The van der Waals surface area contributed by atoms with E-state index in [1.165, 1.54) is 11.1 Å². The van der Waals surface area contributed by atoms with Crippen molar-refractivity contribution in [3.63, 3.8) is 0 Å². The van der Waals surface area contributed by atoms with Crippen molar-refractivity contribution >= 4 is 50.2 Å². The van der Waals surface area contributed by atoms with Gasteiger partial charge in [-0.2, -0.15) is 0 Å². The summed E-state index contributed by atoms with van der Waals surface area (Å²) in [5.41, 5.74) is 9.67. The van der Waals surface area contributed by atoms with Gasteiger partial charge in [-0.1, -0.05) is 84.4 Å². The first-order chi connectivity index (χ1) is 22.4. The summed E-state index contributed by atoms with van der Waals surface area (Å²) in [5, 5.41) is 6.43. The van der Waals surface area contributed by atoms with Gasteiger partial charge >= 0.3 is 0 Å². The standard InChI is InChI=1S/C40H34N4O2/c1-4-43-34-16-10-8-11-28(34)32-23-27(21-22-35(32)43)41-39(45)25(3)44-38(29-12-5-6-13-30(29)40(44)46)36-31-14-7-9-15-33(31)42-37(36)26-19-17-24(2)18-20-26/h5-23,25,38,42H,4H2,1-3H3,(H,41,45). The number of hydrogen-bond acceptors (Lipinski definition) is 2. The van der Waals surface area contributed by atoms with Crippen molar-refractivity contribution < 1.29 is 9.59 Å². The fourth-order valence-electron chi connectivity index (χ4n) is 7.27. The lowest BCUT2D eigenvalue weighted by atomic mass is 9.92. The quantitative estimate of drug-likeness (QED) is 0.200. The Kier molecular flexibility index (Phi) is 6.53. The highest BCUT2D eigenvalue weighted by Gasteiger charge is 2.44. The zero-order chi connectivity index (χ0) is 31.5. The van der Waals surface area contributed by atoms with Crippen LogP contribution in [0.2, 0.25) is 0 Å². The monoisotopic (exact) mass is 602 g/mol. The molecule has 6 nitrogen and oxygen atoms in total. The fraction of sp³-hybridized carbons (Fsp3) is 0.150. The largest absolute Gasteiger partial charge is 0.354 e. The van der Waals surface area contributed by atoms with Gasteiger partial charge in [-0.3, -0.25) is 9.59 Å². The number of para-hydroxylation sites is 2. The molecule has 46 heavy (non-hydrogen) atoms. The van der Waals surface area contributed by atoms with Gasteiger partial charge in [-0.05, 0) is 68.3 Å². The van der Waals surface area contributed by atoms with Gasteiger partial charge in [0.2, 0.25) is 5.91 Å². The lowest BCUT2D eigenvalue weighted by Crippen LogP contribution is -2.44. The van der Waals surface area contributed by atoms with Crippen molar-refractivity contribution in [2.24, 2.45) is 0 Å². The van der Waals surface area contributed by atoms with Crippen LogP contribution in [0.25, 0.3) is 44.0 Å². The topological polar surface area (TPSA) is 70.1 Å². The third-order valence-corrected chi connectivity index (χ3v) is 9.51. The molecule has 0 radical (unpaired) electrons. The second-order valence-corrected chi connectivity index (χ2v) is 12.2. The summed E-state index contributed by atoms with van der Waals surface area (Å²) in [4.78, 5) is 33.7. The molecule has 0 saturated heterocycles. The molecule has 2 unspecified atom stereocenters. The average molecular weight is 603 g/mol. The van der Waals surface area contributed by atoms with Crippen molar-refractivity contribution in [3.8, 4) is 11.3 Å². The molecule has 0 bridgehead atoms. The van der Waals surface area contributed by atoms with Crippen molar-refractivity contribution in [1.82, 2.24) is 14.5 Å². The Bertz CT molecular complexity index is 2310. The Morgan fingerprint density at radius 3 is 2.33 bits per heavy atom. The Morgan fingerprint density at radius 2 is 1.52 bits per heavy atom. The lowest BCUT2D eigenvalue weighted by Gasteiger charge is -2.31. The van der Waals surface area contributed by atoms with Crippen LogP contribution in [-0.2, 0) is 11.3 Å². The number of hydrogen-bond donors (Lipinski definition) is 2. The van der Waals surface area contributed by atoms with Gasteiger partial charge in [0.15, 0.2) is 0 Å². The smallest absolute Gasteiger partial charge is 0.255 e. The van der Waals surface area contributed by atoms with Gasteiger partial charge in [0.1, 0.15) is 6.04 Å². The minimum absolute atomic E-state index is 0.148. The number of amides is 2. The molecule has 3 heterocycles. The molecular weight excluding hydrogens is 568 g/mol. The van der Waals surface area contributed by atoms with E-state index in [2.05, 4.69) is 89.4 Å². The predicted molar refractivity (Wildman–Crippen MR) is 186 cm³/mol. The van der Waals surface area contributed by atoms with E-state index in [4.69, 9.17) is 0 Å². The number of carbonyl (C=O) groups is 2. The molecule has 0 spiro atoms. The highest BCUT2D eigenvalue weighted by atomic mass is 16.2. The van der Waals surface area contributed by atoms with E-state index in [0.29, 0.717) is 11.3 Å². The van der Waals surface area contributed by atoms with Crippen LogP contribution in [0, 0.1) is 6.92 Å². The molecule has 1 aliphatic rings. The third-order valence-electron chi connectivity index (χ3n) is 9.51. The summed E-state index contributed by atoms with van der Waals surface area (Å²) >= 11 is 0. The summed E-state index contributed by atoms with van der Waals surface area (Å²) in [5.74, 6) is -0.383. The van der Waals surface area contributed by atoms with Gasteiger partial charge in [-0.15, -0.1) is 0 Å². The lowest BCUT2D eigenvalue weighted by molar-refractivity contribution is -0.120. The van der Waals surface area contributed by atoms with Crippen molar-refractivity contribution in [3.05, 3.63) is 138 Å². The number of aryl methyl sites for hydroxylation is 2. The highest BCUT2D eigenvalue weighted by Crippen LogP contribution is 2.46. The van der Waals surface area contributed by atoms with E-state index in [9.17, 15) is 9.59 Å². The average Bonchev–Trinajstić information content (AvgIpc) is 3.71. The van der Waals surface area contributed by atoms with Crippen LogP contribution >= 0.6 is 0 Å². The van der Waals surface area contributed by atoms with E-state index in [0.717, 1.165) is 56.1 Å². The van der Waals surface area contributed by atoms with Gasteiger partial charge < -0.3 is 19.8 Å². The molecule has 7 aromatic rings. The van der Waals surface area contributed by atoms with Gasteiger partial charge in [-0.25, -0.2) is 0 Å². The summed E-state index contributed by atoms with van der Waals surface area (Å²) in [6, 6.07) is 37.5. The van der Waals surface area contributed by atoms with Crippen LogP contribution < -0.4 is 5.32 Å². The molecule has 2 amide bonds.